The maximum Gasteiger partial charge on any atom is 0.161 e. The molecule has 0 unspecified atom stereocenters. The molecule has 0 bridgehead atoms. The van der Waals surface area contributed by atoms with Gasteiger partial charge in [0.15, 0.2) is 5.82 Å². The second-order valence-corrected chi connectivity index (χ2v) is 14.0. The second kappa shape index (κ2) is 11.3. The van der Waals surface area contributed by atoms with Crippen molar-refractivity contribution in [1.82, 2.24) is 15.0 Å². The predicted octanol–water partition coefficient (Wildman–Crippen LogP) is 12.3. The summed E-state index contributed by atoms with van der Waals surface area (Å²) in [5.41, 5.74) is 13.5. The lowest BCUT2D eigenvalue weighted by atomic mass is 9.81. The Labute approximate surface area is 297 Å². The van der Waals surface area contributed by atoms with Gasteiger partial charge in [0.1, 0.15) is 0 Å². The van der Waals surface area contributed by atoms with E-state index < -0.39 is 0 Å². The Morgan fingerprint density at radius 1 is 0.431 bits per heavy atom. The van der Waals surface area contributed by atoms with Crippen LogP contribution in [0.5, 0.6) is 0 Å². The second-order valence-electron chi connectivity index (χ2n) is 14.0. The van der Waals surface area contributed by atoms with Crippen LogP contribution in [0.4, 0.5) is 0 Å². The van der Waals surface area contributed by atoms with Crippen molar-refractivity contribution in [3.63, 3.8) is 0 Å². The highest BCUT2D eigenvalue weighted by molar-refractivity contribution is 6.06. The maximum absolute atomic E-state index is 5.27. The number of hydrogen-bond donors (Lipinski definition) is 0. The quantitative estimate of drug-likeness (QED) is 0.190. The van der Waals surface area contributed by atoms with E-state index in [0.29, 0.717) is 5.82 Å². The third-order valence-electron chi connectivity index (χ3n) is 10.7. The van der Waals surface area contributed by atoms with E-state index in [1.807, 2.05) is 18.3 Å². The van der Waals surface area contributed by atoms with Crippen LogP contribution >= 0.6 is 0 Å². The van der Waals surface area contributed by atoms with Gasteiger partial charge in [0, 0.05) is 33.7 Å². The van der Waals surface area contributed by atoms with Gasteiger partial charge in [-0.25, -0.2) is 9.97 Å². The van der Waals surface area contributed by atoms with E-state index in [0.717, 1.165) is 44.4 Å². The van der Waals surface area contributed by atoms with Gasteiger partial charge < -0.3 is 0 Å². The Morgan fingerprint density at radius 2 is 1.12 bits per heavy atom. The van der Waals surface area contributed by atoms with Crippen molar-refractivity contribution in [3.05, 3.63) is 175 Å². The highest BCUT2D eigenvalue weighted by Crippen LogP contribution is 2.52. The van der Waals surface area contributed by atoms with Gasteiger partial charge in [-0.15, -0.1) is 0 Å². The van der Waals surface area contributed by atoms with Crippen LogP contribution in [0.2, 0.25) is 0 Å². The van der Waals surface area contributed by atoms with Gasteiger partial charge in [-0.1, -0.05) is 147 Å². The number of aromatic nitrogens is 3. The van der Waals surface area contributed by atoms with Gasteiger partial charge in [-0.3, -0.25) is 4.98 Å². The van der Waals surface area contributed by atoms with Gasteiger partial charge in [0.2, 0.25) is 0 Å². The molecule has 0 fully saturated rings. The van der Waals surface area contributed by atoms with E-state index in [2.05, 4.69) is 159 Å². The van der Waals surface area contributed by atoms with Crippen LogP contribution < -0.4 is 0 Å². The topological polar surface area (TPSA) is 38.7 Å². The SMILES string of the molecule is CC1(C)c2cc(-c3ccc(-c4nc(-c5ccccc5)cc(-c5cccc6cccnc56)n4)c4ccccc34)ccc2-c2c1ccc1ccccc21. The van der Waals surface area contributed by atoms with Crippen LogP contribution in [-0.4, -0.2) is 15.0 Å². The minimum Gasteiger partial charge on any atom is -0.256 e. The molecule has 2 heterocycles. The lowest BCUT2D eigenvalue weighted by Crippen LogP contribution is -2.15. The Hall–Kier alpha value is -6.45. The summed E-state index contributed by atoms with van der Waals surface area (Å²) < 4.78 is 0. The fourth-order valence-corrected chi connectivity index (χ4v) is 8.19. The summed E-state index contributed by atoms with van der Waals surface area (Å²) in [7, 11) is 0. The van der Waals surface area contributed by atoms with E-state index in [1.165, 1.54) is 49.5 Å². The lowest BCUT2D eigenvalue weighted by Gasteiger charge is -2.22. The molecule has 3 heteroatoms. The van der Waals surface area contributed by atoms with Crippen LogP contribution in [0.3, 0.4) is 0 Å². The number of para-hydroxylation sites is 1. The lowest BCUT2D eigenvalue weighted by molar-refractivity contribution is 0.661. The Balaban J connectivity index is 1.15. The fraction of sp³-hybridized carbons (Fsp3) is 0.0625. The number of fused-ring (bicyclic) bond motifs is 7. The number of benzene rings is 7. The van der Waals surface area contributed by atoms with Gasteiger partial charge in [-0.05, 0) is 79.2 Å². The predicted molar refractivity (Wildman–Crippen MR) is 212 cm³/mol. The zero-order valence-corrected chi connectivity index (χ0v) is 28.4. The molecule has 0 saturated heterocycles. The first-order valence-corrected chi connectivity index (χ1v) is 17.5. The molecule has 7 aromatic carbocycles. The fourth-order valence-electron chi connectivity index (χ4n) is 8.19. The average molecular weight is 652 g/mol. The molecule has 51 heavy (non-hydrogen) atoms. The Bertz CT molecular complexity index is 2830. The standard InChI is InChI=1S/C48H33N3/c1-48(2)41-26-22-30-12-6-7-17-35(30)45(41)39-23-21-33(28-42(39)48)34-24-25-38(37-19-9-8-18-36(34)37)47-50-43(31-13-4-3-5-14-31)29-44(51-47)40-20-10-15-32-16-11-27-49-46(32)40/h3-29H,1-2H3. The zero-order chi connectivity index (χ0) is 34.1. The van der Waals surface area contributed by atoms with Crippen LogP contribution in [-0.2, 0) is 5.41 Å². The average Bonchev–Trinajstić information content (AvgIpc) is 3.43. The number of nitrogens with zero attached hydrogens (tertiary/aromatic N) is 3. The van der Waals surface area contributed by atoms with Gasteiger partial charge in [0.25, 0.3) is 0 Å². The smallest absolute Gasteiger partial charge is 0.161 e. The summed E-state index contributed by atoms with van der Waals surface area (Å²) in [5.74, 6) is 0.694. The molecule has 240 valence electrons. The number of rotatable bonds is 4. The molecule has 0 N–H and O–H groups in total. The minimum absolute atomic E-state index is 0.112. The summed E-state index contributed by atoms with van der Waals surface area (Å²) >= 11 is 0. The van der Waals surface area contributed by atoms with Gasteiger partial charge in [0.05, 0.1) is 16.9 Å². The van der Waals surface area contributed by atoms with E-state index in [1.54, 1.807) is 0 Å². The molecule has 1 aliphatic carbocycles. The van der Waals surface area contributed by atoms with Crippen molar-refractivity contribution < 1.29 is 0 Å². The molecule has 0 amide bonds. The number of pyridine rings is 1. The molecule has 0 atom stereocenters. The summed E-state index contributed by atoms with van der Waals surface area (Å²) in [5, 5.41) is 5.98. The van der Waals surface area contributed by atoms with E-state index in [9.17, 15) is 0 Å². The van der Waals surface area contributed by atoms with Crippen molar-refractivity contribution in [2.45, 2.75) is 19.3 Å². The highest BCUT2D eigenvalue weighted by Gasteiger charge is 2.36. The summed E-state index contributed by atoms with van der Waals surface area (Å²) in [6, 6.07) is 56.3. The normalized spacial score (nSPS) is 13.1. The highest BCUT2D eigenvalue weighted by atomic mass is 14.9. The maximum atomic E-state index is 5.27. The van der Waals surface area contributed by atoms with Crippen LogP contribution in [0.1, 0.15) is 25.0 Å². The van der Waals surface area contributed by atoms with Crippen LogP contribution in [0.15, 0.2) is 164 Å². The molecule has 0 spiro atoms. The molecular weight excluding hydrogens is 619 g/mol. The van der Waals surface area contributed by atoms with E-state index >= 15 is 0 Å². The molecule has 2 aromatic heterocycles. The summed E-state index contributed by atoms with van der Waals surface area (Å²) in [6.07, 6.45) is 1.85. The number of hydrogen-bond acceptors (Lipinski definition) is 3. The van der Waals surface area contributed by atoms with E-state index in [4.69, 9.17) is 15.0 Å². The molecular formula is C48H33N3. The zero-order valence-electron chi connectivity index (χ0n) is 28.4. The molecule has 1 aliphatic rings. The van der Waals surface area contributed by atoms with Crippen LogP contribution in [0.25, 0.3) is 88.6 Å². The van der Waals surface area contributed by atoms with Crippen molar-refractivity contribution in [2.24, 2.45) is 0 Å². The molecule has 3 nitrogen and oxygen atoms in total. The third kappa shape index (κ3) is 4.62. The Kier molecular flexibility index (Phi) is 6.53. The first kappa shape index (κ1) is 29.5. The monoisotopic (exact) mass is 651 g/mol. The summed E-state index contributed by atoms with van der Waals surface area (Å²) in [6.45, 7) is 4.72. The van der Waals surface area contributed by atoms with Crippen molar-refractivity contribution >= 4 is 32.4 Å². The van der Waals surface area contributed by atoms with Crippen molar-refractivity contribution in [1.29, 1.82) is 0 Å². The first-order valence-electron chi connectivity index (χ1n) is 17.5. The molecule has 10 rings (SSSR count). The molecule has 0 aliphatic heterocycles. The molecule has 9 aromatic rings. The Morgan fingerprint density at radius 3 is 1.98 bits per heavy atom. The summed E-state index contributed by atoms with van der Waals surface area (Å²) in [4.78, 5) is 15.2. The molecule has 0 saturated carbocycles. The van der Waals surface area contributed by atoms with Gasteiger partial charge >= 0.3 is 0 Å². The molecule has 0 radical (unpaired) electrons. The first-order chi connectivity index (χ1) is 25.0. The van der Waals surface area contributed by atoms with E-state index in [-0.39, 0.29) is 5.41 Å². The van der Waals surface area contributed by atoms with Crippen molar-refractivity contribution in [2.75, 3.05) is 0 Å². The van der Waals surface area contributed by atoms with Crippen LogP contribution in [0, 0.1) is 0 Å². The largest absolute Gasteiger partial charge is 0.256 e. The third-order valence-corrected chi connectivity index (χ3v) is 10.7. The van der Waals surface area contributed by atoms with Gasteiger partial charge in [-0.2, -0.15) is 0 Å². The minimum atomic E-state index is -0.112. The van der Waals surface area contributed by atoms with Crippen molar-refractivity contribution in [3.8, 4) is 56.2 Å².